The zero-order valence-electron chi connectivity index (χ0n) is 14.5. The van der Waals surface area contributed by atoms with Gasteiger partial charge in [0.1, 0.15) is 6.54 Å². The molecular formula is C18H20N6O2. The van der Waals surface area contributed by atoms with E-state index < -0.39 is 0 Å². The maximum absolute atomic E-state index is 12.8. The molecule has 2 heterocycles. The Morgan fingerprint density at radius 1 is 1.31 bits per heavy atom. The van der Waals surface area contributed by atoms with Crippen LogP contribution in [0.3, 0.4) is 0 Å². The summed E-state index contributed by atoms with van der Waals surface area (Å²) in [6, 6.07) is 7.52. The summed E-state index contributed by atoms with van der Waals surface area (Å²) in [5, 5.41) is 11.5. The Hall–Kier alpha value is -3.16. The smallest absolute Gasteiger partial charge is 0.253 e. The average molecular weight is 352 g/mol. The van der Waals surface area contributed by atoms with E-state index in [4.69, 9.17) is 5.73 Å². The molecule has 0 atom stereocenters. The standard InChI is InChI=1S/C18H20N6O2/c1-11-17(19)13-7-2-3-8-14(13)24(11)16(25)10-23-9-15(21-22-23)20-18(26)12-5-4-6-12/h2-3,7-9,12H,4-6,10,19H2,1H3,(H,20,26). The van der Waals surface area contributed by atoms with E-state index in [1.165, 1.54) is 4.68 Å². The molecule has 4 rings (SSSR count). The van der Waals surface area contributed by atoms with Gasteiger partial charge in [-0.3, -0.25) is 14.2 Å². The van der Waals surface area contributed by atoms with Gasteiger partial charge in [0.25, 0.3) is 5.91 Å². The number of rotatable bonds is 4. The molecule has 0 bridgehead atoms. The number of benzene rings is 1. The highest BCUT2D eigenvalue weighted by atomic mass is 16.2. The second-order valence-corrected chi connectivity index (χ2v) is 6.66. The van der Waals surface area contributed by atoms with Crippen LogP contribution in [-0.2, 0) is 11.3 Å². The van der Waals surface area contributed by atoms with Crippen LogP contribution >= 0.6 is 0 Å². The summed E-state index contributed by atoms with van der Waals surface area (Å²) in [5.41, 5.74) is 8.19. The van der Waals surface area contributed by atoms with E-state index in [1.54, 1.807) is 10.8 Å². The lowest BCUT2D eigenvalue weighted by atomic mass is 9.85. The fourth-order valence-electron chi connectivity index (χ4n) is 3.25. The highest BCUT2D eigenvalue weighted by molar-refractivity contribution is 6.01. The number of anilines is 2. The molecular weight excluding hydrogens is 332 g/mol. The fourth-order valence-corrected chi connectivity index (χ4v) is 3.25. The zero-order valence-corrected chi connectivity index (χ0v) is 14.5. The Morgan fingerprint density at radius 3 is 2.81 bits per heavy atom. The molecule has 8 nitrogen and oxygen atoms in total. The SMILES string of the molecule is Cc1c(N)c2ccccc2n1C(=O)Cn1cc(NC(=O)C2CCC2)nn1. The van der Waals surface area contributed by atoms with Crippen LogP contribution in [-0.4, -0.2) is 31.4 Å². The van der Waals surface area contributed by atoms with E-state index in [2.05, 4.69) is 15.6 Å². The first-order chi connectivity index (χ1) is 12.5. The number of nitrogens with zero attached hydrogens (tertiary/aromatic N) is 4. The minimum absolute atomic E-state index is 0.00521. The maximum Gasteiger partial charge on any atom is 0.253 e. The molecule has 1 fully saturated rings. The highest BCUT2D eigenvalue weighted by Crippen LogP contribution is 2.28. The number of para-hydroxylation sites is 1. The first-order valence-corrected chi connectivity index (χ1v) is 8.64. The lowest BCUT2D eigenvalue weighted by molar-refractivity contribution is -0.122. The molecule has 3 N–H and O–H groups in total. The molecule has 2 aromatic heterocycles. The second kappa shape index (κ2) is 6.29. The van der Waals surface area contributed by atoms with Crippen molar-refractivity contribution in [1.82, 2.24) is 19.6 Å². The Bertz CT molecular complexity index is 998. The summed E-state index contributed by atoms with van der Waals surface area (Å²) in [4.78, 5) is 24.8. The van der Waals surface area contributed by atoms with E-state index in [9.17, 15) is 9.59 Å². The van der Waals surface area contributed by atoms with Crippen molar-refractivity contribution in [3.05, 3.63) is 36.2 Å². The van der Waals surface area contributed by atoms with Crippen molar-refractivity contribution >= 4 is 34.2 Å². The Balaban J connectivity index is 1.52. The third-order valence-electron chi connectivity index (χ3n) is 4.97. The van der Waals surface area contributed by atoms with Crippen LogP contribution in [0.4, 0.5) is 11.5 Å². The van der Waals surface area contributed by atoms with Crippen LogP contribution in [0.5, 0.6) is 0 Å². The largest absolute Gasteiger partial charge is 0.397 e. The van der Waals surface area contributed by atoms with Crippen LogP contribution in [0.2, 0.25) is 0 Å². The first-order valence-electron chi connectivity index (χ1n) is 8.64. The third-order valence-corrected chi connectivity index (χ3v) is 4.97. The molecule has 8 heteroatoms. The molecule has 0 spiro atoms. The van der Waals surface area contributed by atoms with E-state index in [0.717, 1.165) is 30.2 Å². The van der Waals surface area contributed by atoms with Crippen molar-refractivity contribution in [3.8, 4) is 0 Å². The number of nitrogens with one attached hydrogen (secondary N) is 1. The van der Waals surface area contributed by atoms with E-state index in [1.807, 2.05) is 31.2 Å². The van der Waals surface area contributed by atoms with Crippen molar-refractivity contribution < 1.29 is 9.59 Å². The fraction of sp³-hybridized carbons (Fsp3) is 0.333. The summed E-state index contributed by atoms with van der Waals surface area (Å²) in [5.74, 6) is 0.230. The van der Waals surface area contributed by atoms with Crippen molar-refractivity contribution in [2.24, 2.45) is 5.92 Å². The molecule has 1 saturated carbocycles. The van der Waals surface area contributed by atoms with Gasteiger partial charge < -0.3 is 11.1 Å². The van der Waals surface area contributed by atoms with Crippen LogP contribution in [0.25, 0.3) is 10.9 Å². The number of hydrogen-bond acceptors (Lipinski definition) is 5. The number of carbonyl (C=O) groups is 2. The van der Waals surface area contributed by atoms with Gasteiger partial charge >= 0.3 is 0 Å². The topological polar surface area (TPSA) is 108 Å². The van der Waals surface area contributed by atoms with Gasteiger partial charge in [0.05, 0.1) is 17.4 Å². The van der Waals surface area contributed by atoms with Gasteiger partial charge in [0.15, 0.2) is 5.82 Å². The number of nitrogen functional groups attached to an aromatic ring is 1. The number of carbonyl (C=O) groups excluding carboxylic acids is 2. The maximum atomic E-state index is 12.8. The monoisotopic (exact) mass is 352 g/mol. The first kappa shape index (κ1) is 16.3. The molecule has 134 valence electrons. The van der Waals surface area contributed by atoms with E-state index >= 15 is 0 Å². The van der Waals surface area contributed by atoms with Crippen molar-refractivity contribution in [2.45, 2.75) is 32.7 Å². The summed E-state index contributed by atoms with van der Waals surface area (Å²) < 4.78 is 3.02. The van der Waals surface area contributed by atoms with Gasteiger partial charge in [0, 0.05) is 17.0 Å². The van der Waals surface area contributed by atoms with Crippen LogP contribution in [0, 0.1) is 12.8 Å². The molecule has 3 aromatic rings. The normalized spacial score (nSPS) is 14.3. The summed E-state index contributed by atoms with van der Waals surface area (Å²) in [6.45, 7) is 1.82. The number of fused-ring (bicyclic) bond motifs is 1. The number of hydrogen-bond donors (Lipinski definition) is 2. The van der Waals surface area contributed by atoms with Gasteiger partial charge in [-0.25, -0.2) is 4.68 Å². The Labute approximate surface area is 150 Å². The molecule has 1 aliphatic carbocycles. The van der Waals surface area contributed by atoms with Gasteiger partial charge in [-0.2, -0.15) is 0 Å². The molecule has 0 unspecified atom stereocenters. The molecule has 0 saturated heterocycles. The molecule has 1 amide bonds. The molecule has 0 radical (unpaired) electrons. The predicted octanol–water partition coefficient (Wildman–Crippen LogP) is 2.20. The predicted molar refractivity (Wildman–Crippen MR) is 97.7 cm³/mol. The van der Waals surface area contributed by atoms with Gasteiger partial charge in [0.2, 0.25) is 5.91 Å². The van der Waals surface area contributed by atoms with E-state index in [-0.39, 0.29) is 24.3 Å². The van der Waals surface area contributed by atoms with Gasteiger partial charge in [-0.15, -0.1) is 5.10 Å². The third kappa shape index (κ3) is 2.73. The highest BCUT2D eigenvalue weighted by Gasteiger charge is 2.26. The minimum Gasteiger partial charge on any atom is -0.397 e. The van der Waals surface area contributed by atoms with Crippen molar-refractivity contribution in [1.29, 1.82) is 0 Å². The van der Waals surface area contributed by atoms with Crippen molar-refractivity contribution in [2.75, 3.05) is 11.1 Å². The van der Waals surface area contributed by atoms with Crippen LogP contribution < -0.4 is 11.1 Å². The average Bonchev–Trinajstić information content (AvgIpc) is 3.09. The van der Waals surface area contributed by atoms with Gasteiger partial charge in [-0.1, -0.05) is 29.8 Å². The van der Waals surface area contributed by atoms with E-state index in [0.29, 0.717) is 17.2 Å². The lowest BCUT2D eigenvalue weighted by Crippen LogP contribution is -2.28. The zero-order chi connectivity index (χ0) is 18.3. The number of nitrogens with two attached hydrogens (primary N) is 1. The molecule has 0 aliphatic heterocycles. The summed E-state index contributed by atoms with van der Waals surface area (Å²) in [6.07, 6.45) is 4.49. The van der Waals surface area contributed by atoms with Crippen LogP contribution in [0.1, 0.15) is 29.8 Å². The van der Waals surface area contributed by atoms with Crippen LogP contribution in [0.15, 0.2) is 30.5 Å². The summed E-state index contributed by atoms with van der Waals surface area (Å²) in [7, 11) is 0. The lowest BCUT2D eigenvalue weighted by Gasteiger charge is -2.23. The molecule has 1 aromatic carbocycles. The van der Waals surface area contributed by atoms with Crippen molar-refractivity contribution in [3.63, 3.8) is 0 Å². The van der Waals surface area contributed by atoms with Gasteiger partial charge in [-0.05, 0) is 25.8 Å². The number of amides is 1. The second-order valence-electron chi connectivity index (χ2n) is 6.66. The summed E-state index contributed by atoms with van der Waals surface area (Å²) >= 11 is 0. The quantitative estimate of drug-likeness (QED) is 0.748. The number of aromatic nitrogens is 4. The minimum atomic E-state index is -0.169. The Morgan fingerprint density at radius 2 is 2.08 bits per heavy atom. The molecule has 26 heavy (non-hydrogen) atoms. The Kier molecular flexibility index (Phi) is 3.95. The molecule has 1 aliphatic rings.